The average molecular weight is 242 g/mol. The topological polar surface area (TPSA) is 99.4 Å². The molecule has 0 aliphatic carbocycles. The number of rotatable bonds is 3. The van der Waals surface area contributed by atoms with Gasteiger partial charge in [0.05, 0.1) is 6.61 Å². The van der Waals surface area contributed by atoms with Crippen LogP contribution < -0.4 is 4.74 Å². The summed E-state index contributed by atoms with van der Waals surface area (Å²) in [5.41, 5.74) is 0. The maximum Gasteiger partial charge on any atom is 0.229 e. The van der Waals surface area contributed by atoms with Gasteiger partial charge in [0.25, 0.3) is 0 Å². The van der Waals surface area contributed by atoms with Gasteiger partial charge in [0.2, 0.25) is 6.29 Å². The summed E-state index contributed by atoms with van der Waals surface area (Å²) in [7, 11) is 0. The minimum absolute atomic E-state index is 0.0958. The lowest BCUT2D eigenvalue weighted by molar-refractivity contribution is -0.116. The van der Waals surface area contributed by atoms with Crippen molar-refractivity contribution in [3.8, 4) is 11.5 Å². The molecule has 6 heteroatoms. The first-order valence-electron chi connectivity index (χ1n) is 5.20. The Kier molecular flexibility index (Phi) is 3.49. The van der Waals surface area contributed by atoms with E-state index in [-0.39, 0.29) is 5.75 Å². The third kappa shape index (κ3) is 2.50. The molecule has 1 fully saturated rings. The highest BCUT2D eigenvalue weighted by atomic mass is 16.7. The van der Waals surface area contributed by atoms with E-state index in [0.29, 0.717) is 5.75 Å². The van der Waals surface area contributed by atoms with Crippen LogP contribution in [0.5, 0.6) is 11.5 Å². The average Bonchev–Trinajstić information content (AvgIpc) is 2.60. The molecular weight excluding hydrogens is 228 g/mol. The van der Waals surface area contributed by atoms with Crippen molar-refractivity contribution in [1.29, 1.82) is 0 Å². The van der Waals surface area contributed by atoms with Crippen LogP contribution in [0.25, 0.3) is 0 Å². The number of phenols is 1. The Morgan fingerprint density at radius 3 is 2.29 bits per heavy atom. The van der Waals surface area contributed by atoms with Gasteiger partial charge in [-0.05, 0) is 24.3 Å². The number of benzene rings is 1. The van der Waals surface area contributed by atoms with Crippen LogP contribution >= 0.6 is 0 Å². The van der Waals surface area contributed by atoms with Crippen molar-refractivity contribution in [2.45, 2.75) is 24.6 Å². The van der Waals surface area contributed by atoms with Gasteiger partial charge in [-0.2, -0.15) is 0 Å². The SMILES string of the molecule is OC[C@H]1O[C@@H](Oc2ccc(O)cc2)[C@H](O)[C@H]1O. The summed E-state index contributed by atoms with van der Waals surface area (Å²) in [6, 6.07) is 5.86. The summed E-state index contributed by atoms with van der Waals surface area (Å²) in [4.78, 5) is 0. The van der Waals surface area contributed by atoms with E-state index in [9.17, 15) is 10.2 Å². The first kappa shape index (κ1) is 12.1. The number of phenolic OH excluding ortho intramolecular Hbond substituents is 1. The predicted molar refractivity (Wildman–Crippen MR) is 56.5 cm³/mol. The minimum Gasteiger partial charge on any atom is -0.508 e. The monoisotopic (exact) mass is 242 g/mol. The zero-order chi connectivity index (χ0) is 12.4. The summed E-state index contributed by atoms with van der Waals surface area (Å²) in [6.45, 7) is -0.395. The molecule has 0 amide bonds. The van der Waals surface area contributed by atoms with Crippen molar-refractivity contribution in [2.24, 2.45) is 0 Å². The minimum atomic E-state index is -1.22. The van der Waals surface area contributed by atoms with Crippen LogP contribution in [0.3, 0.4) is 0 Å². The molecule has 1 saturated heterocycles. The number of ether oxygens (including phenoxy) is 2. The molecule has 0 aromatic heterocycles. The van der Waals surface area contributed by atoms with Crippen LogP contribution in [0.2, 0.25) is 0 Å². The van der Waals surface area contributed by atoms with E-state index in [1.54, 1.807) is 0 Å². The molecule has 1 aromatic carbocycles. The Hall–Kier alpha value is -1.34. The van der Waals surface area contributed by atoms with Gasteiger partial charge in [-0.3, -0.25) is 0 Å². The molecule has 4 atom stereocenters. The van der Waals surface area contributed by atoms with Gasteiger partial charge in [-0.1, -0.05) is 0 Å². The lowest BCUT2D eigenvalue weighted by Gasteiger charge is -2.16. The fourth-order valence-corrected chi connectivity index (χ4v) is 1.62. The lowest BCUT2D eigenvalue weighted by atomic mass is 10.1. The standard InChI is InChI=1S/C11H14O6/c12-5-8-9(14)10(15)11(17-8)16-7-3-1-6(13)2-4-7/h1-4,8-15H,5H2/t8-,9+,10-,11-/m1/s1. The molecule has 0 spiro atoms. The van der Waals surface area contributed by atoms with Gasteiger partial charge < -0.3 is 29.9 Å². The maximum atomic E-state index is 9.61. The Morgan fingerprint density at radius 2 is 1.76 bits per heavy atom. The van der Waals surface area contributed by atoms with Crippen molar-refractivity contribution in [3.05, 3.63) is 24.3 Å². The first-order valence-corrected chi connectivity index (χ1v) is 5.20. The predicted octanol–water partition coefficient (Wildman–Crippen LogP) is -0.790. The second-order valence-corrected chi connectivity index (χ2v) is 3.82. The highest BCUT2D eigenvalue weighted by Crippen LogP contribution is 2.25. The Balaban J connectivity index is 2.02. The second kappa shape index (κ2) is 4.89. The zero-order valence-corrected chi connectivity index (χ0v) is 8.93. The van der Waals surface area contributed by atoms with Crippen LogP contribution in [0.4, 0.5) is 0 Å². The van der Waals surface area contributed by atoms with E-state index in [2.05, 4.69) is 0 Å². The normalized spacial score (nSPS) is 32.6. The second-order valence-electron chi connectivity index (χ2n) is 3.82. The van der Waals surface area contributed by atoms with E-state index in [1.807, 2.05) is 0 Å². The quantitative estimate of drug-likeness (QED) is 0.554. The molecular formula is C11H14O6. The Bertz CT molecular complexity index is 365. The summed E-state index contributed by atoms with van der Waals surface area (Å²) < 4.78 is 10.4. The van der Waals surface area contributed by atoms with Gasteiger partial charge in [0.15, 0.2) is 0 Å². The van der Waals surface area contributed by atoms with E-state index in [4.69, 9.17) is 19.7 Å². The van der Waals surface area contributed by atoms with Crippen LogP contribution in [0, 0.1) is 0 Å². The fraction of sp³-hybridized carbons (Fsp3) is 0.455. The summed E-state index contributed by atoms with van der Waals surface area (Å²) in [6.07, 6.45) is -4.29. The molecule has 0 saturated carbocycles. The first-order chi connectivity index (χ1) is 8.11. The molecule has 1 aromatic rings. The van der Waals surface area contributed by atoms with Crippen LogP contribution in [-0.2, 0) is 4.74 Å². The highest BCUT2D eigenvalue weighted by molar-refractivity contribution is 5.30. The van der Waals surface area contributed by atoms with Crippen LogP contribution in [0.15, 0.2) is 24.3 Å². The summed E-state index contributed by atoms with van der Waals surface area (Å²) in [5, 5.41) is 37.1. The highest BCUT2D eigenvalue weighted by Gasteiger charge is 2.43. The Labute approximate surface area is 97.7 Å². The van der Waals surface area contributed by atoms with E-state index < -0.39 is 31.2 Å². The zero-order valence-electron chi connectivity index (χ0n) is 8.93. The maximum absolute atomic E-state index is 9.61. The third-order valence-electron chi connectivity index (χ3n) is 2.59. The van der Waals surface area contributed by atoms with Crippen molar-refractivity contribution in [1.82, 2.24) is 0 Å². The molecule has 0 radical (unpaired) electrons. The summed E-state index contributed by atoms with van der Waals surface area (Å²) in [5.74, 6) is 0.483. The number of hydrogen-bond acceptors (Lipinski definition) is 6. The fourth-order valence-electron chi connectivity index (χ4n) is 1.62. The van der Waals surface area contributed by atoms with Crippen molar-refractivity contribution in [2.75, 3.05) is 6.61 Å². The third-order valence-corrected chi connectivity index (χ3v) is 2.59. The van der Waals surface area contributed by atoms with Crippen molar-refractivity contribution >= 4 is 0 Å². The van der Waals surface area contributed by atoms with Gasteiger partial charge in [0.1, 0.15) is 29.8 Å². The van der Waals surface area contributed by atoms with Gasteiger partial charge in [0, 0.05) is 0 Å². The summed E-state index contributed by atoms with van der Waals surface area (Å²) >= 11 is 0. The molecule has 6 nitrogen and oxygen atoms in total. The largest absolute Gasteiger partial charge is 0.508 e. The number of aliphatic hydroxyl groups is 3. The van der Waals surface area contributed by atoms with Gasteiger partial charge >= 0.3 is 0 Å². The lowest BCUT2D eigenvalue weighted by Crippen LogP contribution is -2.35. The molecule has 2 rings (SSSR count). The molecule has 0 unspecified atom stereocenters. The molecule has 1 aliphatic rings. The van der Waals surface area contributed by atoms with Gasteiger partial charge in [-0.15, -0.1) is 0 Å². The molecule has 1 aliphatic heterocycles. The number of aromatic hydroxyl groups is 1. The van der Waals surface area contributed by atoms with Gasteiger partial charge in [-0.25, -0.2) is 0 Å². The molecule has 94 valence electrons. The van der Waals surface area contributed by atoms with Crippen LogP contribution in [-0.4, -0.2) is 51.6 Å². The molecule has 4 N–H and O–H groups in total. The number of aliphatic hydroxyl groups excluding tert-OH is 3. The molecule has 0 bridgehead atoms. The smallest absolute Gasteiger partial charge is 0.229 e. The number of hydrogen-bond donors (Lipinski definition) is 4. The molecule has 17 heavy (non-hydrogen) atoms. The molecule has 1 heterocycles. The van der Waals surface area contributed by atoms with Crippen molar-refractivity contribution in [3.63, 3.8) is 0 Å². The van der Waals surface area contributed by atoms with Crippen molar-refractivity contribution < 1.29 is 29.9 Å². The van der Waals surface area contributed by atoms with E-state index in [0.717, 1.165) is 0 Å². The van der Waals surface area contributed by atoms with Crippen LogP contribution in [0.1, 0.15) is 0 Å². The van der Waals surface area contributed by atoms with E-state index in [1.165, 1.54) is 24.3 Å². The van der Waals surface area contributed by atoms with E-state index >= 15 is 0 Å². The Morgan fingerprint density at radius 1 is 1.12 bits per heavy atom.